The van der Waals surface area contributed by atoms with E-state index in [1.54, 1.807) is 18.7 Å². The molecule has 0 aromatic carbocycles. The van der Waals surface area contributed by atoms with Crippen molar-refractivity contribution in [1.29, 1.82) is 5.41 Å². The molecule has 0 radical (unpaired) electrons. The summed E-state index contributed by atoms with van der Waals surface area (Å²) < 4.78 is 5.59. The summed E-state index contributed by atoms with van der Waals surface area (Å²) in [5, 5.41) is 23.0. The van der Waals surface area contributed by atoms with E-state index < -0.39 is 0 Å². The van der Waals surface area contributed by atoms with Gasteiger partial charge in [-0.3, -0.25) is 4.98 Å². The van der Waals surface area contributed by atoms with Crippen molar-refractivity contribution in [2.75, 3.05) is 30.3 Å². The molecule has 0 spiro atoms. The topological polar surface area (TPSA) is 133 Å². The van der Waals surface area contributed by atoms with Crippen LogP contribution in [0.2, 0.25) is 0 Å². The predicted molar refractivity (Wildman–Crippen MR) is 120 cm³/mol. The zero-order chi connectivity index (χ0) is 21.6. The van der Waals surface area contributed by atoms with Gasteiger partial charge in [0, 0.05) is 66.4 Å². The summed E-state index contributed by atoms with van der Waals surface area (Å²) in [4.78, 5) is 17.3. The summed E-state index contributed by atoms with van der Waals surface area (Å²) in [5.41, 5.74) is 4.83. The van der Waals surface area contributed by atoms with Crippen LogP contribution in [0.15, 0.2) is 53.7 Å². The van der Waals surface area contributed by atoms with Gasteiger partial charge in [-0.15, -0.1) is 0 Å². The van der Waals surface area contributed by atoms with Gasteiger partial charge in [-0.1, -0.05) is 6.92 Å². The number of nitrogens with one attached hydrogen (secondary N) is 3. The molecule has 0 bridgehead atoms. The summed E-state index contributed by atoms with van der Waals surface area (Å²) in [6, 6.07) is 7.52. The normalized spacial score (nSPS) is 11.9. The number of anilines is 2. The first kappa shape index (κ1) is 20.4. The molecule has 0 saturated carbocycles. The zero-order valence-electron chi connectivity index (χ0n) is 17.0. The maximum atomic E-state index is 8.98. The van der Waals surface area contributed by atoms with E-state index in [9.17, 15) is 0 Å². The van der Waals surface area contributed by atoms with Gasteiger partial charge in [0.15, 0.2) is 5.58 Å². The first-order valence-corrected chi connectivity index (χ1v) is 9.93. The molecule has 4 heterocycles. The van der Waals surface area contributed by atoms with Crippen LogP contribution in [-0.2, 0) is 0 Å². The van der Waals surface area contributed by atoms with E-state index in [1.807, 2.05) is 24.3 Å². The summed E-state index contributed by atoms with van der Waals surface area (Å²) in [5.74, 6) is 1.43. The Kier molecular flexibility index (Phi) is 6.13. The number of furan rings is 1. The molecular weight excluding hydrogens is 394 g/mol. The van der Waals surface area contributed by atoms with Crippen LogP contribution in [0, 0.1) is 5.41 Å². The second kappa shape index (κ2) is 9.31. The van der Waals surface area contributed by atoms with Gasteiger partial charge in [0.2, 0.25) is 0 Å². The molecule has 0 aliphatic rings. The molecule has 1 atom stereocenters. The first-order chi connectivity index (χ1) is 15.2. The zero-order valence-corrected chi connectivity index (χ0v) is 17.0. The number of aliphatic hydroxyl groups excluding tert-OH is 1. The second-order valence-corrected chi connectivity index (χ2v) is 7.06. The lowest BCUT2D eigenvalue weighted by molar-refractivity contribution is 0.311. The van der Waals surface area contributed by atoms with Crippen LogP contribution >= 0.6 is 0 Å². The smallest absolute Gasteiger partial charge is 0.155 e. The van der Waals surface area contributed by atoms with Gasteiger partial charge in [-0.25, -0.2) is 15.0 Å². The van der Waals surface area contributed by atoms with Crippen molar-refractivity contribution in [3.05, 3.63) is 60.4 Å². The molecule has 31 heavy (non-hydrogen) atoms. The molecule has 0 amide bonds. The van der Waals surface area contributed by atoms with Crippen molar-refractivity contribution in [3.8, 4) is 11.3 Å². The highest BCUT2D eigenvalue weighted by Gasteiger charge is 2.13. The van der Waals surface area contributed by atoms with Gasteiger partial charge in [0.25, 0.3) is 0 Å². The number of aliphatic hydroxyl groups is 1. The van der Waals surface area contributed by atoms with E-state index in [-0.39, 0.29) is 12.5 Å². The van der Waals surface area contributed by atoms with Crippen molar-refractivity contribution >= 4 is 29.0 Å². The molecule has 158 valence electrons. The lowest BCUT2D eigenvalue weighted by Gasteiger charge is -2.14. The molecule has 0 saturated heterocycles. The van der Waals surface area contributed by atoms with Gasteiger partial charge in [-0.2, -0.15) is 0 Å². The first-order valence-electron chi connectivity index (χ1n) is 9.93. The number of nitrogens with zero attached hydrogens (tertiary/aromatic N) is 4. The van der Waals surface area contributed by atoms with E-state index in [0.29, 0.717) is 36.0 Å². The summed E-state index contributed by atoms with van der Waals surface area (Å²) in [6.45, 7) is 3.13. The maximum Gasteiger partial charge on any atom is 0.155 e. The van der Waals surface area contributed by atoms with Crippen LogP contribution in [0.1, 0.15) is 24.0 Å². The molecule has 4 aromatic heterocycles. The fourth-order valence-corrected chi connectivity index (χ4v) is 3.32. The van der Waals surface area contributed by atoms with E-state index in [0.717, 1.165) is 22.2 Å². The van der Waals surface area contributed by atoms with Crippen molar-refractivity contribution in [1.82, 2.24) is 19.9 Å². The molecule has 0 fully saturated rings. The molecule has 9 nitrogen and oxygen atoms in total. The van der Waals surface area contributed by atoms with E-state index >= 15 is 0 Å². The standard InChI is InChI=1S/C22H23N7O2/c1-14(17-2-4-24-18-3-7-31-21(17)18)11-26-20-9-19(28-13-29-20)16-8-15(10-23)22(27-12-16)25-5-6-30/h2-4,7-10,12-14,23,30H,5-6,11H2,1H3,(H,25,27)(H,26,28,29). The third kappa shape index (κ3) is 4.51. The van der Waals surface area contributed by atoms with Crippen molar-refractivity contribution in [2.45, 2.75) is 12.8 Å². The highest BCUT2D eigenvalue weighted by atomic mass is 16.3. The Labute approximate surface area is 179 Å². The average molecular weight is 417 g/mol. The Morgan fingerprint density at radius 1 is 1.16 bits per heavy atom. The molecule has 4 N–H and O–H groups in total. The Morgan fingerprint density at radius 3 is 2.90 bits per heavy atom. The van der Waals surface area contributed by atoms with Crippen LogP contribution < -0.4 is 10.6 Å². The van der Waals surface area contributed by atoms with Gasteiger partial charge in [0.1, 0.15) is 23.5 Å². The Balaban J connectivity index is 1.49. The van der Waals surface area contributed by atoms with Gasteiger partial charge >= 0.3 is 0 Å². The van der Waals surface area contributed by atoms with Crippen LogP contribution in [-0.4, -0.2) is 51.0 Å². The highest BCUT2D eigenvalue weighted by Crippen LogP contribution is 2.26. The molecule has 0 aliphatic heterocycles. The lowest BCUT2D eigenvalue weighted by Crippen LogP contribution is -2.11. The Hall–Kier alpha value is -3.85. The molecule has 1 unspecified atom stereocenters. The largest absolute Gasteiger partial charge is 0.462 e. The molecule has 4 rings (SSSR count). The minimum atomic E-state index is -0.00876. The van der Waals surface area contributed by atoms with Crippen molar-refractivity contribution in [2.24, 2.45) is 0 Å². The second-order valence-electron chi connectivity index (χ2n) is 7.06. The monoisotopic (exact) mass is 417 g/mol. The van der Waals surface area contributed by atoms with Crippen molar-refractivity contribution < 1.29 is 9.52 Å². The highest BCUT2D eigenvalue weighted by molar-refractivity contribution is 5.86. The van der Waals surface area contributed by atoms with Crippen LogP contribution in [0.3, 0.4) is 0 Å². The third-order valence-electron chi connectivity index (χ3n) is 4.93. The summed E-state index contributed by atoms with van der Waals surface area (Å²) >= 11 is 0. The maximum absolute atomic E-state index is 8.98. The number of rotatable bonds is 9. The minimum Gasteiger partial charge on any atom is -0.462 e. The molecule has 0 aliphatic carbocycles. The molecular formula is C22H23N7O2. The van der Waals surface area contributed by atoms with Crippen LogP contribution in [0.5, 0.6) is 0 Å². The number of pyridine rings is 2. The van der Waals surface area contributed by atoms with Gasteiger partial charge in [-0.05, 0) is 12.1 Å². The Morgan fingerprint density at radius 2 is 2.06 bits per heavy atom. The third-order valence-corrected chi connectivity index (χ3v) is 4.93. The summed E-state index contributed by atoms with van der Waals surface area (Å²) in [6.07, 6.45) is 7.86. The number of fused-ring (bicyclic) bond motifs is 1. The van der Waals surface area contributed by atoms with Crippen molar-refractivity contribution in [3.63, 3.8) is 0 Å². The van der Waals surface area contributed by atoms with E-state index in [2.05, 4.69) is 37.5 Å². The Bertz CT molecular complexity index is 1190. The minimum absolute atomic E-state index is 0.00876. The fourth-order valence-electron chi connectivity index (χ4n) is 3.32. The van der Waals surface area contributed by atoms with Gasteiger partial charge < -0.3 is 25.6 Å². The number of hydrogen-bond donors (Lipinski definition) is 4. The SMILES string of the molecule is CC(CNc1cc(-c2cnc(NCCO)c(C=N)c2)ncn1)c1ccnc2ccoc12. The molecule has 4 aromatic rings. The predicted octanol–water partition coefficient (Wildman–Crippen LogP) is 3.30. The van der Waals surface area contributed by atoms with E-state index in [4.69, 9.17) is 14.9 Å². The van der Waals surface area contributed by atoms with Crippen LogP contribution in [0.25, 0.3) is 22.4 Å². The van der Waals surface area contributed by atoms with Crippen LogP contribution in [0.4, 0.5) is 11.6 Å². The lowest BCUT2D eigenvalue weighted by atomic mass is 10.0. The number of aromatic nitrogens is 4. The molecule has 9 heteroatoms. The quantitative estimate of drug-likeness (QED) is 0.305. The van der Waals surface area contributed by atoms with E-state index in [1.165, 1.54) is 12.5 Å². The number of hydrogen-bond acceptors (Lipinski definition) is 9. The summed E-state index contributed by atoms with van der Waals surface area (Å²) in [7, 11) is 0. The average Bonchev–Trinajstić information content (AvgIpc) is 3.30. The van der Waals surface area contributed by atoms with Gasteiger partial charge in [0.05, 0.1) is 18.6 Å². The fraction of sp³-hybridized carbons (Fsp3) is 0.227.